The number of hydrogen-bond acceptors (Lipinski definition) is 4. The van der Waals surface area contributed by atoms with Crippen LogP contribution in [0, 0.1) is 0 Å². The van der Waals surface area contributed by atoms with Crippen LogP contribution in [0.3, 0.4) is 0 Å². The van der Waals surface area contributed by atoms with Crippen LogP contribution in [0.4, 0.5) is 18.0 Å². The van der Waals surface area contributed by atoms with E-state index >= 15 is 0 Å². The summed E-state index contributed by atoms with van der Waals surface area (Å²) in [4.78, 5) is 25.3. The summed E-state index contributed by atoms with van der Waals surface area (Å²) in [6.45, 7) is 4.47. The molecule has 1 atom stereocenters. The molecule has 0 radical (unpaired) electrons. The largest absolute Gasteiger partial charge is 0.455 e. The highest BCUT2D eigenvalue weighted by Crippen LogP contribution is 2.42. The lowest BCUT2D eigenvalue weighted by atomic mass is 10.0. The monoisotopic (exact) mass is 413 g/mol. The highest BCUT2D eigenvalue weighted by molar-refractivity contribution is 9.10. The van der Waals surface area contributed by atoms with Gasteiger partial charge in [0, 0.05) is 28.4 Å². The van der Waals surface area contributed by atoms with Gasteiger partial charge in [-0.15, -0.1) is 11.3 Å². The summed E-state index contributed by atoms with van der Waals surface area (Å²) in [5.74, 6) is -2.03. The van der Waals surface area contributed by atoms with Crippen LogP contribution in [-0.2, 0) is 11.2 Å². The Bertz CT molecular complexity index is 630. The van der Waals surface area contributed by atoms with Crippen LogP contribution in [0.25, 0.3) is 0 Å². The molecule has 9 heteroatoms. The number of alkyl halides is 3. The summed E-state index contributed by atoms with van der Waals surface area (Å²) in [6, 6.07) is 0. The number of hydrogen-bond donors (Lipinski definition) is 0. The first-order chi connectivity index (χ1) is 10.7. The quantitative estimate of drug-likeness (QED) is 0.676. The minimum atomic E-state index is -4.90. The molecule has 4 nitrogen and oxygen atoms in total. The van der Waals surface area contributed by atoms with Crippen LogP contribution in [0.2, 0.25) is 0 Å². The molecule has 1 aromatic rings. The fraction of sp³-hybridized carbons (Fsp3) is 0.571. The van der Waals surface area contributed by atoms with E-state index in [0.717, 1.165) is 11.3 Å². The molecule has 128 valence electrons. The zero-order valence-corrected chi connectivity index (χ0v) is 14.9. The van der Waals surface area contributed by atoms with E-state index in [4.69, 9.17) is 4.74 Å². The molecular formula is C14H15BrF3NO3S. The molecule has 1 unspecified atom stereocenters. The molecule has 0 bridgehead atoms. The van der Waals surface area contributed by atoms with Gasteiger partial charge in [0.2, 0.25) is 0 Å². The zero-order chi connectivity index (χ0) is 17.4. The number of fused-ring (bicyclic) bond motifs is 1. The van der Waals surface area contributed by atoms with Crippen molar-refractivity contribution in [2.45, 2.75) is 32.4 Å². The Kier molecular flexibility index (Phi) is 5.40. The molecule has 2 heterocycles. The lowest BCUT2D eigenvalue weighted by Crippen LogP contribution is -2.34. The Morgan fingerprint density at radius 3 is 2.65 bits per heavy atom. The number of halogens is 4. The van der Waals surface area contributed by atoms with Gasteiger partial charge >= 0.3 is 12.3 Å². The predicted molar refractivity (Wildman–Crippen MR) is 83.1 cm³/mol. The Morgan fingerprint density at radius 2 is 2.09 bits per heavy atom. The number of rotatable bonds is 2. The minimum Gasteiger partial charge on any atom is -0.450 e. The lowest BCUT2D eigenvalue weighted by Gasteiger charge is -2.22. The molecule has 0 saturated heterocycles. The fourth-order valence-electron chi connectivity index (χ4n) is 2.55. The molecule has 0 spiro atoms. The fourth-order valence-corrected chi connectivity index (χ4v) is 4.99. The molecule has 1 aromatic heterocycles. The van der Waals surface area contributed by atoms with Crippen molar-refractivity contribution in [3.05, 3.63) is 19.8 Å². The predicted octanol–water partition coefficient (Wildman–Crippen LogP) is 4.37. The van der Waals surface area contributed by atoms with E-state index in [1.54, 1.807) is 11.8 Å². The normalized spacial score (nSPS) is 18.3. The third-order valence-electron chi connectivity index (χ3n) is 3.55. The topological polar surface area (TPSA) is 46.6 Å². The van der Waals surface area contributed by atoms with E-state index in [2.05, 4.69) is 15.9 Å². The molecule has 0 fully saturated rings. The van der Waals surface area contributed by atoms with Crippen molar-refractivity contribution in [3.63, 3.8) is 0 Å². The van der Waals surface area contributed by atoms with E-state index in [-0.39, 0.29) is 21.9 Å². The van der Waals surface area contributed by atoms with E-state index < -0.39 is 18.1 Å². The Balaban J connectivity index is 2.31. The smallest absolute Gasteiger partial charge is 0.450 e. The van der Waals surface area contributed by atoms with Gasteiger partial charge in [-0.1, -0.05) is 6.92 Å². The number of ether oxygens (including phenoxy) is 1. The first-order valence-corrected chi connectivity index (χ1v) is 8.62. The maximum atomic E-state index is 12.7. The molecular weight excluding hydrogens is 399 g/mol. The van der Waals surface area contributed by atoms with Crippen LogP contribution in [0.1, 0.15) is 39.9 Å². The van der Waals surface area contributed by atoms with Crippen LogP contribution in [0.5, 0.6) is 0 Å². The van der Waals surface area contributed by atoms with Crippen molar-refractivity contribution in [3.8, 4) is 0 Å². The number of ketones is 1. The molecule has 23 heavy (non-hydrogen) atoms. The Hall–Kier alpha value is -1.09. The number of carbonyl (C=O) groups is 2. The average molecular weight is 414 g/mol. The van der Waals surface area contributed by atoms with Gasteiger partial charge in [0.05, 0.1) is 11.5 Å². The van der Waals surface area contributed by atoms with Crippen LogP contribution >= 0.6 is 27.3 Å². The first kappa shape index (κ1) is 18.3. The molecule has 1 aliphatic heterocycles. The summed E-state index contributed by atoms with van der Waals surface area (Å²) < 4.78 is 43.2. The lowest BCUT2D eigenvalue weighted by molar-refractivity contribution is -0.0883. The van der Waals surface area contributed by atoms with Crippen molar-refractivity contribution in [2.24, 2.45) is 0 Å². The van der Waals surface area contributed by atoms with Gasteiger partial charge in [-0.05, 0) is 34.8 Å². The Labute approximate surface area is 143 Å². The first-order valence-electron chi connectivity index (χ1n) is 7.01. The van der Waals surface area contributed by atoms with E-state index in [9.17, 15) is 22.8 Å². The number of nitrogens with zero attached hydrogens (tertiary/aromatic N) is 1. The highest BCUT2D eigenvalue weighted by atomic mass is 79.9. The molecule has 0 aliphatic carbocycles. The summed E-state index contributed by atoms with van der Waals surface area (Å²) in [6.07, 6.45) is -4.93. The van der Waals surface area contributed by atoms with Crippen LogP contribution < -0.4 is 0 Å². The second-order valence-electron chi connectivity index (χ2n) is 5.20. The van der Waals surface area contributed by atoms with Gasteiger partial charge < -0.3 is 9.64 Å². The van der Waals surface area contributed by atoms with Gasteiger partial charge in [0.15, 0.2) is 0 Å². The molecule has 0 N–H and O–H groups in total. The third-order valence-corrected chi connectivity index (χ3v) is 5.90. The molecule has 0 saturated carbocycles. The maximum absolute atomic E-state index is 12.7. The highest BCUT2D eigenvalue weighted by Gasteiger charge is 2.43. The molecule has 1 amide bonds. The van der Waals surface area contributed by atoms with E-state index in [1.165, 1.54) is 0 Å². The standard InChI is InChI=1S/C14H15BrF3NO3S/c1-3-22-13(21)19-5-4-8-9(7(2)6-19)10(15)11(23-8)12(20)14(16,17)18/h7H,3-6H2,1-2H3. The SMILES string of the molecule is CCOC(=O)N1CCc2sc(C(=O)C(F)(F)F)c(Br)c2C(C)C1. The van der Waals surface area contributed by atoms with Crippen molar-refractivity contribution in [1.82, 2.24) is 4.90 Å². The van der Waals surface area contributed by atoms with Crippen molar-refractivity contribution < 1.29 is 27.5 Å². The summed E-state index contributed by atoms with van der Waals surface area (Å²) >= 11 is 3.99. The van der Waals surface area contributed by atoms with E-state index in [0.29, 0.717) is 30.0 Å². The zero-order valence-electron chi connectivity index (χ0n) is 12.5. The van der Waals surface area contributed by atoms with E-state index in [1.807, 2.05) is 6.92 Å². The second kappa shape index (κ2) is 6.80. The maximum Gasteiger partial charge on any atom is 0.455 e. The minimum absolute atomic E-state index is 0.193. The van der Waals surface area contributed by atoms with Crippen molar-refractivity contribution in [2.75, 3.05) is 19.7 Å². The van der Waals surface area contributed by atoms with Gasteiger partial charge in [-0.25, -0.2) is 4.79 Å². The van der Waals surface area contributed by atoms with Crippen molar-refractivity contribution >= 4 is 39.1 Å². The number of amides is 1. The number of thiophene rings is 1. The van der Waals surface area contributed by atoms with Crippen molar-refractivity contribution in [1.29, 1.82) is 0 Å². The average Bonchev–Trinajstić information content (AvgIpc) is 2.68. The number of Topliss-reactive ketones (excluding diaryl/α,β-unsaturated/α-hetero) is 1. The second-order valence-corrected chi connectivity index (χ2v) is 7.10. The molecule has 1 aliphatic rings. The van der Waals surface area contributed by atoms with Gasteiger partial charge in [-0.3, -0.25) is 4.79 Å². The summed E-state index contributed by atoms with van der Waals surface area (Å²) in [5, 5.41) is 0. The summed E-state index contributed by atoms with van der Waals surface area (Å²) in [5.41, 5.74) is 0.675. The van der Waals surface area contributed by atoms with Gasteiger partial charge in [0.1, 0.15) is 0 Å². The van der Waals surface area contributed by atoms with Crippen LogP contribution in [0.15, 0.2) is 4.47 Å². The number of carbonyl (C=O) groups excluding carboxylic acids is 2. The van der Waals surface area contributed by atoms with Gasteiger partial charge in [0.25, 0.3) is 5.78 Å². The molecule has 2 rings (SSSR count). The Morgan fingerprint density at radius 1 is 1.43 bits per heavy atom. The van der Waals surface area contributed by atoms with Gasteiger partial charge in [-0.2, -0.15) is 13.2 Å². The summed E-state index contributed by atoms with van der Waals surface area (Å²) in [7, 11) is 0. The molecule has 0 aromatic carbocycles. The van der Waals surface area contributed by atoms with Crippen LogP contribution in [-0.4, -0.2) is 42.6 Å². The third kappa shape index (κ3) is 3.71.